The molecule has 0 amide bonds. The van der Waals surface area contributed by atoms with Crippen LogP contribution in [0.25, 0.3) is 0 Å². The zero-order valence-electron chi connectivity index (χ0n) is 16.8. The van der Waals surface area contributed by atoms with Crippen molar-refractivity contribution in [1.29, 1.82) is 0 Å². The molecule has 0 aliphatic rings. The van der Waals surface area contributed by atoms with E-state index >= 15 is 0 Å². The van der Waals surface area contributed by atoms with Gasteiger partial charge in [-0.2, -0.15) is 24.1 Å². The van der Waals surface area contributed by atoms with Crippen LogP contribution in [0.3, 0.4) is 0 Å². The van der Waals surface area contributed by atoms with E-state index in [0.717, 1.165) is 29.2 Å². The Bertz CT molecular complexity index is 1130. The van der Waals surface area contributed by atoms with Gasteiger partial charge in [0.15, 0.2) is 0 Å². The molecule has 0 aromatic heterocycles. The van der Waals surface area contributed by atoms with Crippen molar-refractivity contribution in [3.63, 3.8) is 0 Å². The second kappa shape index (κ2) is 9.32. The second-order valence-corrected chi connectivity index (χ2v) is 9.19. The van der Waals surface area contributed by atoms with Crippen molar-refractivity contribution in [2.24, 2.45) is 0 Å². The largest absolute Gasteiger partial charge is 0.423 e. The normalized spacial score (nSPS) is 11.7. The summed E-state index contributed by atoms with van der Waals surface area (Å²) in [6.07, 6.45) is -4.45. The van der Waals surface area contributed by atoms with Gasteiger partial charge in [0.1, 0.15) is 5.75 Å². The number of alkyl halides is 3. The Kier molecular flexibility index (Phi) is 6.32. The number of halogens is 3. The van der Waals surface area contributed by atoms with Crippen molar-refractivity contribution in [3.8, 4) is 5.75 Å². The van der Waals surface area contributed by atoms with Crippen molar-refractivity contribution in [1.82, 2.24) is 0 Å². The molecule has 0 bridgehead atoms. The van der Waals surface area contributed by atoms with E-state index in [1.807, 2.05) is 48.5 Å². The summed E-state index contributed by atoms with van der Waals surface area (Å²) in [5, 5.41) is 0. The first kappa shape index (κ1) is 21.7. The summed E-state index contributed by atoms with van der Waals surface area (Å²) in [4.78, 5) is 15.8. The van der Waals surface area contributed by atoms with Gasteiger partial charge in [-0.15, -0.1) is 0 Å². The van der Waals surface area contributed by atoms with Crippen molar-refractivity contribution in [2.45, 2.75) is 20.9 Å². The lowest BCUT2D eigenvalue weighted by Gasteiger charge is -2.23. The summed E-state index contributed by atoms with van der Waals surface area (Å²) < 4.78 is 43.5. The lowest BCUT2D eigenvalue weighted by atomic mass is 10.1. The molecule has 0 radical (unpaired) electrons. The molecule has 0 aliphatic heterocycles. The van der Waals surface area contributed by atoms with Crippen LogP contribution in [-0.2, 0) is 6.18 Å². The third-order valence-corrected chi connectivity index (χ3v) is 7.23. The Morgan fingerprint density at radius 2 is 1.09 bits per heavy atom. The van der Waals surface area contributed by atoms with Crippen molar-refractivity contribution in [2.75, 3.05) is 0 Å². The SMILES string of the molecule is O=C(Oc1ccc([SH](c2ccccc2)c2ccccc2)cc1)c1ccc(C(F)(F)F)cc1. The highest BCUT2D eigenvalue weighted by atomic mass is 32.2. The van der Waals surface area contributed by atoms with E-state index in [4.69, 9.17) is 4.74 Å². The number of benzene rings is 4. The molecule has 0 saturated heterocycles. The van der Waals surface area contributed by atoms with Gasteiger partial charge in [-0.25, -0.2) is 4.79 Å². The van der Waals surface area contributed by atoms with Gasteiger partial charge in [0.2, 0.25) is 0 Å². The molecule has 4 aromatic rings. The molecule has 0 heterocycles. The lowest BCUT2D eigenvalue weighted by molar-refractivity contribution is -0.137. The van der Waals surface area contributed by atoms with Crippen LogP contribution in [0, 0.1) is 0 Å². The molecule has 32 heavy (non-hydrogen) atoms. The van der Waals surface area contributed by atoms with Gasteiger partial charge in [0, 0.05) is 0 Å². The summed E-state index contributed by atoms with van der Waals surface area (Å²) in [5.41, 5.74) is -0.758. The molecule has 4 rings (SSSR count). The van der Waals surface area contributed by atoms with E-state index in [-0.39, 0.29) is 5.56 Å². The third-order valence-electron chi connectivity index (χ3n) is 4.78. The van der Waals surface area contributed by atoms with Crippen LogP contribution >= 0.6 is 10.9 Å². The smallest absolute Gasteiger partial charge is 0.416 e. The molecule has 2 nitrogen and oxygen atoms in total. The van der Waals surface area contributed by atoms with Crippen LogP contribution in [0.4, 0.5) is 13.2 Å². The molecule has 0 spiro atoms. The average Bonchev–Trinajstić information content (AvgIpc) is 2.81. The molecule has 0 unspecified atom stereocenters. The zero-order chi connectivity index (χ0) is 22.6. The van der Waals surface area contributed by atoms with Gasteiger partial charge in [-0.3, -0.25) is 0 Å². The number of ether oxygens (including phenoxy) is 1. The van der Waals surface area contributed by atoms with Crippen LogP contribution in [0.1, 0.15) is 15.9 Å². The van der Waals surface area contributed by atoms with E-state index in [1.54, 1.807) is 12.1 Å². The van der Waals surface area contributed by atoms with Crippen LogP contribution in [0.15, 0.2) is 124 Å². The number of carbonyl (C=O) groups is 1. The first-order chi connectivity index (χ1) is 15.4. The number of rotatable bonds is 5. The Hall–Kier alpha value is -3.51. The van der Waals surface area contributed by atoms with Crippen LogP contribution in [-0.4, -0.2) is 5.97 Å². The topological polar surface area (TPSA) is 26.3 Å². The molecular formula is C26H19F3O2S. The Morgan fingerprint density at radius 3 is 1.56 bits per heavy atom. The van der Waals surface area contributed by atoms with E-state index in [9.17, 15) is 18.0 Å². The third kappa shape index (κ3) is 5.03. The van der Waals surface area contributed by atoms with Crippen LogP contribution in [0.5, 0.6) is 5.75 Å². The summed E-state index contributed by atoms with van der Waals surface area (Å²) in [7, 11) is -0.784. The quantitative estimate of drug-likeness (QED) is 0.194. The van der Waals surface area contributed by atoms with Gasteiger partial charge in [-0.05, 0) is 87.5 Å². The minimum Gasteiger partial charge on any atom is -0.423 e. The Morgan fingerprint density at radius 1 is 0.625 bits per heavy atom. The van der Waals surface area contributed by atoms with E-state index < -0.39 is 28.6 Å². The highest BCUT2D eigenvalue weighted by Gasteiger charge is 2.30. The highest BCUT2D eigenvalue weighted by molar-refractivity contribution is 8.17. The average molecular weight is 452 g/mol. The monoisotopic (exact) mass is 452 g/mol. The first-order valence-corrected chi connectivity index (χ1v) is 11.2. The van der Waals surface area contributed by atoms with Crippen molar-refractivity contribution < 1.29 is 22.7 Å². The maximum atomic E-state index is 12.7. The second-order valence-electron chi connectivity index (χ2n) is 6.97. The van der Waals surface area contributed by atoms with Gasteiger partial charge < -0.3 is 4.74 Å². The van der Waals surface area contributed by atoms with Gasteiger partial charge in [0.25, 0.3) is 0 Å². The molecule has 0 saturated carbocycles. The summed E-state index contributed by atoms with van der Waals surface area (Å²) in [6, 6.07) is 31.6. The number of esters is 1. The van der Waals surface area contributed by atoms with E-state index in [0.29, 0.717) is 5.75 Å². The van der Waals surface area contributed by atoms with E-state index in [1.165, 1.54) is 9.79 Å². The van der Waals surface area contributed by atoms with Gasteiger partial charge in [0.05, 0.1) is 11.1 Å². The molecule has 6 heteroatoms. The lowest BCUT2D eigenvalue weighted by Crippen LogP contribution is -2.10. The van der Waals surface area contributed by atoms with E-state index in [2.05, 4.69) is 24.3 Å². The van der Waals surface area contributed by atoms with Crippen molar-refractivity contribution in [3.05, 3.63) is 120 Å². The van der Waals surface area contributed by atoms with Crippen LogP contribution < -0.4 is 4.74 Å². The van der Waals surface area contributed by atoms with Crippen molar-refractivity contribution >= 4 is 16.9 Å². The molecule has 0 N–H and O–H groups in total. The molecule has 0 fully saturated rings. The predicted molar refractivity (Wildman–Crippen MR) is 120 cm³/mol. The standard InChI is InChI=1S/C26H19F3O2S/c27-26(28,29)20-13-11-19(12-14-20)25(30)31-21-15-17-24(18-16-21)32(22-7-3-1-4-8-22)23-9-5-2-6-10-23/h1-18,32H. The molecular weight excluding hydrogens is 433 g/mol. The number of hydrogen-bond donors (Lipinski definition) is 1. The summed E-state index contributed by atoms with van der Waals surface area (Å²) in [5.74, 6) is -0.380. The first-order valence-electron chi connectivity index (χ1n) is 9.81. The molecule has 4 aromatic carbocycles. The molecule has 0 atom stereocenters. The minimum absolute atomic E-state index is 0.0536. The fraction of sp³-hybridized carbons (Fsp3) is 0.0385. The Balaban J connectivity index is 1.54. The zero-order valence-corrected chi connectivity index (χ0v) is 17.7. The highest BCUT2D eigenvalue weighted by Crippen LogP contribution is 2.51. The summed E-state index contributed by atoms with van der Waals surface area (Å²) >= 11 is 0. The van der Waals surface area contributed by atoms with Crippen LogP contribution in [0.2, 0.25) is 0 Å². The van der Waals surface area contributed by atoms with Gasteiger partial charge >= 0.3 is 12.1 Å². The maximum Gasteiger partial charge on any atom is 0.416 e. The molecule has 162 valence electrons. The number of carbonyl (C=O) groups excluding carboxylic acids is 1. The molecule has 0 aliphatic carbocycles. The van der Waals surface area contributed by atoms with Gasteiger partial charge in [-0.1, -0.05) is 36.4 Å². The summed E-state index contributed by atoms with van der Waals surface area (Å²) in [6.45, 7) is 0. The number of hydrogen-bond acceptors (Lipinski definition) is 2. The Labute approximate surface area is 186 Å². The maximum absolute atomic E-state index is 12.7. The fourth-order valence-corrected chi connectivity index (χ4v) is 5.51. The number of thiol groups is 1. The fourth-order valence-electron chi connectivity index (χ4n) is 3.23. The predicted octanol–water partition coefficient (Wildman–Crippen LogP) is 7.40. The minimum atomic E-state index is -4.45.